The summed E-state index contributed by atoms with van der Waals surface area (Å²) in [6, 6.07) is 0.111. The van der Waals surface area contributed by atoms with Crippen molar-refractivity contribution in [2.75, 3.05) is 20.2 Å². The number of hydrogen-bond acceptors (Lipinski definition) is 3. The molecule has 15 heavy (non-hydrogen) atoms. The Morgan fingerprint density at radius 1 is 1.53 bits per heavy atom. The molecule has 1 fully saturated rings. The number of amides is 1. The van der Waals surface area contributed by atoms with E-state index in [4.69, 9.17) is 10.5 Å². The van der Waals surface area contributed by atoms with Crippen molar-refractivity contribution >= 4 is 6.09 Å². The number of likely N-dealkylation sites (tertiary alicyclic amines) is 1. The van der Waals surface area contributed by atoms with Gasteiger partial charge in [-0.2, -0.15) is 0 Å². The van der Waals surface area contributed by atoms with Crippen LogP contribution in [0.3, 0.4) is 0 Å². The smallest absolute Gasteiger partial charge is 0.409 e. The minimum atomic E-state index is -0.244. The number of hydrogen-bond donors (Lipinski definition) is 1. The fourth-order valence-corrected chi connectivity index (χ4v) is 2.23. The van der Waals surface area contributed by atoms with Crippen LogP contribution >= 0.6 is 0 Å². The molecule has 2 atom stereocenters. The van der Waals surface area contributed by atoms with E-state index in [1.807, 2.05) is 0 Å². The summed E-state index contributed by atoms with van der Waals surface area (Å²) < 4.78 is 4.72. The molecular formula is C11H22N2O2. The highest BCUT2D eigenvalue weighted by atomic mass is 16.5. The standard InChI is InChI=1S/C11H22N2O2/c1-3-4-5-9-6-10(12)8-13(7-9)11(14)15-2/h9-10H,3-8,12H2,1-2H3. The first-order valence-electron chi connectivity index (χ1n) is 5.75. The molecule has 2 N–H and O–H groups in total. The van der Waals surface area contributed by atoms with Crippen molar-refractivity contribution in [2.45, 2.75) is 38.6 Å². The molecule has 0 aromatic heterocycles. The highest BCUT2D eigenvalue weighted by molar-refractivity contribution is 5.67. The SMILES string of the molecule is CCCCC1CC(N)CN(C(=O)OC)C1. The third-order valence-corrected chi connectivity index (χ3v) is 2.97. The average Bonchev–Trinajstić information content (AvgIpc) is 2.24. The number of nitrogens with two attached hydrogens (primary N) is 1. The van der Waals surface area contributed by atoms with Crippen LogP contribution in [0, 0.1) is 5.92 Å². The summed E-state index contributed by atoms with van der Waals surface area (Å²) in [4.78, 5) is 13.1. The lowest BCUT2D eigenvalue weighted by atomic mass is 9.90. The summed E-state index contributed by atoms with van der Waals surface area (Å²) in [6.45, 7) is 3.62. The Bertz CT molecular complexity index is 209. The average molecular weight is 214 g/mol. The fraction of sp³-hybridized carbons (Fsp3) is 0.909. The van der Waals surface area contributed by atoms with Gasteiger partial charge >= 0.3 is 6.09 Å². The second kappa shape index (κ2) is 5.95. The Balaban J connectivity index is 2.44. The van der Waals surface area contributed by atoms with Crippen molar-refractivity contribution in [1.82, 2.24) is 4.90 Å². The van der Waals surface area contributed by atoms with Gasteiger partial charge in [0.15, 0.2) is 0 Å². The van der Waals surface area contributed by atoms with Crippen molar-refractivity contribution in [2.24, 2.45) is 11.7 Å². The van der Waals surface area contributed by atoms with E-state index in [1.54, 1.807) is 4.90 Å². The van der Waals surface area contributed by atoms with Gasteiger partial charge in [-0.3, -0.25) is 0 Å². The van der Waals surface area contributed by atoms with E-state index in [0.717, 1.165) is 19.4 Å². The minimum Gasteiger partial charge on any atom is -0.453 e. The van der Waals surface area contributed by atoms with Crippen LogP contribution in [0.1, 0.15) is 32.6 Å². The monoisotopic (exact) mass is 214 g/mol. The summed E-state index contributed by atoms with van der Waals surface area (Å²) in [5, 5.41) is 0. The first kappa shape index (κ1) is 12.3. The van der Waals surface area contributed by atoms with Crippen LogP contribution in [-0.4, -0.2) is 37.2 Å². The Hall–Kier alpha value is -0.770. The highest BCUT2D eigenvalue weighted by Gasteiger charge is 2.27. The number of rotatable bonds is 3. The van der Waals surface area contributed by atoms with Gasteiger partial charge in [0.05, 0.1) is 7.11 Å². The topological polar surface area (TPSA) is 55.6 Å². The van der Waals surface area contributed by atoms with Gasteiger partial charge in [-0.1, -0.05) is 19.8 Å². The molecule has 4 nitrogen and oxygen atoms in total. The normalized spacial score (nSPS) is 26.5. The van der Waals surface area contributed by atoms with Crippen molar-refractivity contribution in [1.29, 1.82) is 0 Å². The van der Waals surface area contributed by atoms with Crippen LogP contribution in [0.15, 0.2) is 0 Å². The maximum Gasteiger partial charge on any atom is 0.409 e. The van der Waals surface area contributed by atoms with E-state index in [1.165, 1.54) is 20.0 Å². The Kier molecular flexibility index (Phi) is 4.88. The number of nitrogens with zero attached hydrogens (tertiary/aromatic N) is 1. The summed E-state index contributed by atoms with van der Waals surface area (Å²) >= 11 is 0. The molecule has 2 unspecified atom stereocenters. The van der Waals surface area contributed by atoms with Crippen molar-refractivity contribution < 1.29 is 9.53 Å². The molecule has 1 aliphatic rings. The zero-order chi connectivity index (χ0) is 11.3. The number of carbonyl (C=O) groups is 1. The van der Waals surface area contributed by atoms with Crippen LogP contribution in [0.5, 0.6) is 0 Å². The predicted octanol–water partition coefficient (Wildman–Crippen LogP) is 1.59. The van der Waals surface area contributed by atoms with E-state index >= 15 is 0 Å². The highest BCUT2D eigenvalue weighted by Crippen LogP contribution is 2.21. The molecule has 1 saturated heterocycles. The van der Waals surface area contributed by atoms with Crippen LogP contribution < -0.4 is 5.73 Å². The van der Waals surface area contributed by atoms with Crippen LogP contribution in [0.4, 0.5) is 4.79 Å². The lowest BCUT2D eigenvalue weighted by Gasteiger charge is -2.35. The molecule has 0 radical (unpaired) electrons. The van der Waals surface area contributed by atoms with Gasteiger partial charge in [-0.05, 0) is 18.8 Å². The molecule has 1 heterocycles. The van der Waals surface area contributed by atoms with Crippen molar-refractivity contribution in [3.63, 3.8) is 0 Å². The lowest BCUT2D eigenvalue weighted by Crippen LogP contribution is -2.49. The number of carbonyl (C=O) groups excluding carboxylic acids is 1. The molecule has 1 rings (SSSR count). The van der Waals surface area contributed by atoms with Crippen molar-refractivity contribution in [3.8, 4) is 0 Å². The Labute approximate surface area is 91.8 Å². The summed E-state index contributed by atoms with van der Waals surface area (Å²) in [6.07, 6.45) is 4.37. The summed E-state index contributed by atoms with van der Waals surface area (Å²) in [5.74, 6) is 0.549. The van der Waals surface area contributed by atoms with E-state index in [0.29, 0.717) is 12.5 Å². The zero-order valence-corrected chi connectivity index (χ0v) is 9.74. The fourth-order valence-electron chi connectivity index (χ4n) is 2.23. The maximum absolute atomic E-state index is 11.4. The second-order valence-corrected chi connectivity index (χ2v) is 4.38. The van der Waals surface area contributed by atoms with E-state index in [2.05, 4.69) is 6.92 Å². The van der Waals surface area contributed by atoms with Crippen LogP contribution in [0.2, 0.25) is 0 Å². The molecule has 88 valence electrons. The summed E-state index contributed by atoms with van der Waals surface area (Å²) in [5.41, 5.74) is 5.93. The predicted molar refractivity (Wildman–Crippen MR) is 59.6 cm³/mol. The molecule has 0 aromatic rings. The number of ether oxygens (including phenoxy) is 1. The third-order valence-electron chi connectivity index (χ3n) is 2.97. The van der Waals surface area contributed by atoms with Gasteiger partial charge in [0.25, 0.3) is 0 Å². The van der Waals surface area contributed by atoms with E-state index in [-0.39, 0.29) is 12.1 Å². The summed E-state index contributed by atoms with van der Waals surface area (Å²) in [7, 11) is 1.42. The number of piperidine rings is 1. The molecule has 4 heteroatoms. The van der Waals surface area contributed by atoms with Gasteiger partial charge in [0, 0.05) is 19.1 Å². The molecular weight excluding hydrogens is 192 g/mol. The van der Waals surface area contributed by atoms with Gasteiger partial charge in [-0.15, -0.1) is 0 Å². The third kappa shape index (κ3) is 3.70. The van der Waals surface area contributed by atoms with Gasteiger partial charge in [0.2, 0.25) is 0 Å². The van der Waals surface area contributed by atoms with Gasteiger partial charge in [0.1, 0.15) is 0 Å². The second-order valence-electron chi connectivity index (χ2n) is 4.38. The molecule has 0 saturated carbocycles. The largest absolute Gasteiger partial charge is 0.453 e. The molecule has 0 aliphatic carbocycles. The zero-order valence-electron chi connectivity index (χ0n) is 9.74. The molecule has 0 aromatic carbocycles. The van der Waals surface area contributed by atoms with Gasteiger partial charge < -0.3 is 15.4 Å². The van der Waals surface area contributed by atoms with Gasteiger partial charge in [-0.25, -0.2) is 4.79 Å². The minimum absolute atomic E-state index is 0.111. The number of methoxy groups -OCH3 is 1. The molecule has 0 bridgehead atoms. The van der Waals surface area contributed by atoms with Crippen LogP contribution in [0.25, 0.3) is 0 Å². The molecule has 1 amide bonds. The van der Waals surface area contributed by atoms with E-state index < -0.39 is 0 Å². The molecule has 1 aliphatic heterocycles. The Morgan fingerprint density at radius 2 is 2.27 bits per heavy atom. The Morgan fingerprint density at radius 3 is 2.87 bits per heavy atom. The first-order valence-corrected chi connectivity index (χ1v) is 5.75. The van der Waals surface area contributed by atoms with E-state index in [9.17, 15) is 4.79 Å². The number of unbranched alkanes of at least 4 members (excludes halogenated alkanes) is 1. The van der Waals surface area contributed by atoms with Crippen LogP contribution in [-0.2, 0) is 4.74 Å². The quantitative estimate of drug-likeness (QED) is 0.776. The first-order chi connectivity index (χ1) is 7.17. The maximum atomic E-state index is 11.4. The lowest BCUT2D eigenvalue weighted by molar-refractivity contribution is 0.0942. The van der Waals surface area contributed by atoms with Crippen molar-refractivity contribution in [3.05, 3.63) is 0 Å². The molecule has 0 spiro atoms.